The Kier molecular flexibility index (Phi) is 11.1. The molecule has 214 valence electrons. The lowest BCUT2D eigenvalue weighted by atomic mass is 9.81. The number of carbonyl (C=O) groups excluding carboxylic acids is 1. The molecule has 0 amide bonds. The molecule has 0 aromatic rings. The zero-order valence-electron chi connectivity index (χ0n) is 26.6. The molecule has 0 radical (unpaired) electrons. The summed E-state index contributed by atoms with van der Waals surface area (Å²) in [6, 6.07) is 0. The molecule has 0 aromatic heterocycles. The van der Waals surface area contributed by atoms with Gasteiger partial charge in [-0.2, -0.15) is 0 Å². The van der Waals surface area contributed by atoms with Crippen molar-refractivity contribution in [2.45, 2.75) is 149 Å². The maximum Gasteiger partial charge on any atom is 0.195 e. The summed E-state index contributed by atoms with van der Waals surface area (Å²) in [6.45, 7) is 36.9. The fraction of sp³-hybridized carbons (Fsp3) is 0.964. The van der Waals surface area contributed by atoms with Gasteiger partial charge >= 0.3 is 0 Å². The molecule has 0 spiro atoms. The summed E-state index contributed by atoms with van der Waals surface area (Å²) in [5.74, 6) is 0.393. The van der Waals surface area contributed by atoms with E-state index in [4.69, 9.17) is 18.0 Å². The van der Waals surface area contributed by atoms with Gasteiger partial charge in [0.2, 0.25) is 0 Å². The molecule has 36 heavy (non-hydrogen) atoms. The number of ether oxygens (including phenoxy) is 1. The summed E-state index contributed by atoms with van der Waals surface area (Å²) >= 11 is 0. The summed E-state index contributed by atoms with van der Waals surface area (Å²) in [7, 11) is -6.15. The standard InChI is InChI=1S/C28H60O5Si3/c1-21(17-18-29)23-19-22(20-30-34(11,12)26(2,3)4)24(32-35(13,14)27(5,6)7)31-25(23)33-36(15,16)28(8,9)10/h18,21-25H,17,19-20H2,1-16H3/t21-,22+,23-,24-,25+/m0/s1. The third-order valence-electron chi connectivity index (χ3n) is 9.67. The van der Waals surface area contributed by atoms with Crippen molar-refractivity contribution in [3.8, 4) is 0 Å². The Hall–Kier alpha value is 0.161. The van der Waals surface area contributed by atoms with Crippen molar-refractivity contribution in [1.29, 1.82) is 0 Å². The molecule has 1 fully saturated rings. The van der Waals surface area contributed by atoms with Gasteiger partial charge in [0.15, 0.2) is 37.5 Å². The molecule has 0 saturated carbocycles. The monoisotopic (exact) mass is 560 g/mol. The van der Waals surface area contributed by atoms with Gasteiger partial charge in [0.25, 0.3) is 0 Å². The van der Waals surface area contributed by atoms with Crippen LogP contribution in [0, 0.1) is 17.8 Å². The van der Waals surface area contributed by atoms with Crippen LogP contribution in [0.15, 0.2) is 0 Å². The molecule has 0 aromatic carbocycles. The number of hydrogen-bond acceptors (Lipinski definition) is 5. The maximum atomic E-state index is 11.5. The molecular weight excluding hydrogens is 501 g/mol. The molecule has 1 rings (SSSR count). The van der Waals surface area contributed by atoms with E-state index in [1.807, 2.05) is 0 Å². The average molecular weight is 561 g/mol. The SMILES string of the molecule is C[C@@H](CC=O)[C@@H]1C[C@H](CO[Si](C)(C)C(C)(C)C)[C@H](O[Si](C)(C)C(C)(C)C)O[C@@H]1O[Si](C)(C)C(C)(C)C. The number of carbonyl (C=O) groups is 1. The molecule has 1 aliphatic heterocycles. The molecule has 1 heterocycles. The molecule has 1 aliphatic rings. The van der Waals surface area contributed by atoms with Gasteiger partial charge in [0.05, 0.1) is 0 Å². The predicted molar refractivity (Wildman–Crippen MR) is 160 cm³/mol. The van der Waals surface area contributed by atoms with Gasteiger partial charge < -0.3 is 22.8 Å². The fourth-order valence-corrected chi connectivity index (χ4v) is 7.01. The Morgan fingerprint density at radius 1 is 0.778 bits per heavy atom. The minimum Gasteiger partial charge on any atom is -0.416 e. The van der Waals surface area contributed by atoms with Gasteiger partial charge in [-0.3, -0.25) is 0 Å². The van der Waals surface area contributed by atoms with Gasteiger partial charge in [0, 0.05) is 24.9 Å². The normalized spacial score (nSPS) is 26.1. The third kappa shape index (κ3) is 8.58. The first-order valence-corrected chi connectivity index (χ1v) is 22.7. The number of rotatable bonds is 10. The minimum atomic E-state index is -2.11. The summed E-state index contributed by atoms with van der Waals surface area (Å²) in [4.78, 5) is 11.5. The third-order valence-corrected chi connectivity index (χ3v) is 23.0. The Morgan fingerprint density at radius 2 is 1.19 bits per heavy atom. The van der Waals surface area contributed by atoms with Crippen LogP contribution in [0.1, 0.15) is 82.1 Å². The van der Waals surface area contributed by atoms with Crippen LogP contribution in [-0.2, 0) is 22.8 Å². The number of aldehydes is 1. The first-order chi connectivity index (χ1) is 15.9. The molecule has 5 atom stereocenters. The van der Waals surface area contributed by atoms with Crippen molar-refractivity contribution in [3.63, 3.8) is 0 Å². The first-order valence-electron chi connectivity index (χ1n) is 13.9. The van der Waals surface area contributed by atoms with E-state index in [-0.39, 0.29) is 45.4 Å². The van der Waals surface area contributed by atoms with Gasteiger partial charge in [0.1, 0.15) is 6.29 Å². The van der Waals surface area contributed by atoms with Crippen LogP contribution in [0.3, 0.4) is 0 Å². The summed E-state index contributed by atoms with van der Waals surface area (Å²) < 4.78 is 27.4. The largest absolute Gasteiger partial charge is 0.416 e. The van der Waals surface area contributed by atoms with Crippen molar-refractivity contribution in [2.75, 3.05) is 6.61 Å². The van der Waals surface area contributed by atoms with Gasteiger partial charge in [-0.1, -0.05) is 69.2 Å². The molecule has 8 heteroatoms. The minimum absolute atomic E-state index is 0.0624. The van der Waals surface area contributed by atoms with E-state index in [1.165, 1.54) is 0 Å². The predicted octanol–water partition coefficient (Wildman–Crippen LogP) is 8.58. The molecule has 1 saturated heterocycles. The Labute approximate surface area is 227 Å². The Balaban J connectivity index is 3.40. The van der Waals surface area contributed by atoms with Crippen LogP contribution in [-0.4, -0.2) is 50.4 Å². The lowest BCUT2D eigenvalue weighted by Gasteiger charge is -2.50. The fourth-order valence-electron chi connectivity index (χ4n) is 3.60. The van der Waals surface area contributed by atoms with E-state index >= 15 is 0 Å². The second-order valence-corrected chi connectivity index (χ2v) is 30.1. The molecular formula is C28H60O5Si3. The zero-order valence-corrected chi connectivity index (χ0v) is 29.6. The molecule has 0 N–H and O–H groups in total. The van der Waals surface area contributed by atoms with Crippen LogP contribution >= 0.6 is 0 Å². The van der Waals surface area contributed by atoms with Crippen LogP contribution in [0.2, 0.25) is 54.4 Å². The van der Waals surface area contributed by atoms with E-state index in [0.717, 1.165) is 12.7 Å². The lowest BCUT2D eigenvalue weighted by Crippen LogP contribution is -2.56. The van der Waals surface area contributed by atoms with Crippen molar-refractivity contribution in [1.82, 2.24) is 0 Å². The highest BCUT2D eigenvalue weighted by Gasteiger charge is 2.50. The lowest BCUT2D eigenvalue weighted by molar-refractivity contribution is -0.273. The van der Waals surface area contributed by atoms with Crippen LogP contribution < -0.4 is 0 Å². The highest BCUT2D eigenvalue weighted by molar-refractivity contribution is 6.75. The van der Waals surface area contributed by atoms with Crippen molar-refractivity contribution >= 4 is 31.2 Å². The first kappa shape index (κ1) is 34.2. The van der Waals surface area contributed by atoms with E-state index in [1.54, 1.807) is 0 Å². The Morgan fingerprint density at radius 3 is 1.58 bits per heavy atom. The van der Waals surface area contributed by atoms with E-state index in [2.05, 4.69) is 109 Å². The van der Waals surface area contributed by atoms with Crippen molar-refractivity contribution in [3.05, 3.63) is 0 Å². The summed E-state index contributed by atoms with van der Waals surface area (Å²) in [5.41, 5.74) is 0. The highest BCUT2D eigenvalue weighted by Crippen LogP contribution is 2.46. The van der Waals surface area contributed by atoms with Crippen molar-refractivity contribution in [2.24, 2.45) is 17.8 Å². The smallest absolute Gasteiger partial charge is 0.195 e. The summed E-state index contributed by atoms with van der Waals surface area (Å²) in [6.07, 6.45) is 1.68. The van der Waals surface area contributed by atoms with Crippen LogP contribution in [0.5, 0.6) is 0 Å². The molecule has 0 bridgehead atoms. The topological polar surface area (TPSA) is 54.0 Å². The quantitative estimate of drug-likeness (QED) is 0.198. The van der Waals surface area contributed by atoms with Gasteiger partial charge in [-0.25, -0.2) is 0 Å². The highest BCUT2D eigenvalue weighted by atomic mass is 28.4. The second kappa shape index (κ2) is 11.7. The molecule has 5 nitrogen and oxygen atoms in total. The molecule has 0 aliphatic carbocycles. The van der Waals surface area contributed by atoms with E-state index in [9.17, 15) is 4.79 Å². The second-order valence-electron chi connectivity index (χ2n) is 15.7. The van der Waals surface area contributed by atoms with Gasteiger partial charge in [-0.05, 0) is 66.7 Å². The maximum absolute atomic E-state index is 11.5. The number of hydrogen-bond donors (Lipinski definition) is 0. The average Bonchev–Trinajstić information content (AvgIpc) is 2.64. The Bertz CT molecular complexity index is 716. The van der Waals surface area contributed by atoms with E-state index in [0.29, 0.717) is 13.0 Å². The summed E-state index contributed by atoms with van der Waals surface area (Å²) in [5, 5.41) is 0.266. The zero-order chi connectivity index (χ0) is 28.5. The molecule has 0 unspecified atom stereocenters. The van der Waals surface area contributed by atoms with Crippen molar-refractivity contribution < 1.29 is 22.8 Å². The van der Waals surface area contributed by atoms with Gasteiger partial charge in [-0.15, -0.1) is 0 Å². The van der Waals surface area contributed by atoms with Crippen LogP contribution in [0.25, 0.3) is 0 Å². The van der Waals surface area contributed by atoms with Crippen LogP contribution in [0.4, 0.5) is 0 Å². The van der Waals surface area contributed by atoms with E-state index < -0.39 is 25.0 Å².